The predicted molar refractivity (Wildman–Crippen MR) is 46.8 cm³/mol. The van der Waals surface area contributed by atoms with Gasteiger partial charge in [-0.25, -0.2) is 4.68 Å². The van der Waals surface area contributed by atoms with Crippen molar-refractivity contribution in [1.82, 2.24) is 20.2 Å². The van der Waals surface area contributed by atoms with E-state index < -0.39 is 0 Å². The summed E-state index contributed by atoms with van der Waals surface area (Å²) in [5, 5.41) is 14.4. The van der Waals surface area contributed by atoms with Crippen LogP contribution < -0.4 is 5.32 Å². The van der Waals surface area contributed by atoms with Crippen LogP contribution in [0.3, 0.4) is 0 Å². The van der Waals surface area contributed by atoms with E-state index in [1.54, 1.807) is 4.68 Å². The second kappa shape index (κ2) is 4.04. The number of anilines is 1. The molecule has 0 aliphatic rings. The molecule has 0 fully saturated rings. The molecule has 0 aromatic carbocycles. The van der Waals surface area contributed by atoms with E-state index in [-0.39, 0.29) is 0 Å². The van der Waals surface area contributed by atoms with Gasteiger partial charge in [0, 0.05) is 13.1 Å². The van der Waals surface area contributed by atoms with E-state index in [0.29, 0.717) is 6.04 Å². The van der Waals surface area contributed by atoms with Gasteiger partial charge in [-0.15, -0.1) is 0 Å². The van der Waals surface area contributed by atoms with Gasteiger partial charge in [0.1, 0.15) is 0 Å². The van der Waals surface area contributed by atoms with Crippen molar-refractivity contribution in [2.45, 2.75) is 32.7 Å². The van der Waals surface area contributed by atoms with Crippen molar-refractivity contribution >= 4 is 5.95 Å². The lowest BCUT2D eigenvalue weighted by Gasteiger charge is -2.13. The summed E-state index contributed by atoms with van der Waals surface area (Å²) in [5.41, 5.74) is 0. The van der Waals surface area contributed by atoms with Crippen molar-refractivity contribution in [1.29, 1.82) is 0 Å². The summed E-state index contributed by atoms with van der Waals surface area (Å²) in [7, 11) is 1.82. The highest BCUT2D eigenvalue weighted by Crippen LogP contribution is 2.05. The molecule has 12 heavy (non-hydrogen) atoms. The maximum absolute atomic E-state index is 3.84. The summed E-state index contributed by atoms with van der Waals surface area (Å²) in [6, 6.07) is 0.467. The molecule has 5 heteroatoms. The summed E-state index contributed by atoms with van der Waals surface area (Å²) in [4.78, 5) is 0. The van der Waals surface area contributed by atoms with E-state index in [2.05, 4.69) is 34.7 Å². The molecule has 0 unspecified atom stereocenters. The fraction of sp³-hybridized carbons (Fsp3) is 0.857. The van der Waals surface area contributed by atoms with Crippen molar-refractivity contribution in [3.63, 3.8) is 0 Å². The molecule has 0 saturated carbocycles. The van der Waals surface area contributed by atoms with Crippen molar-refractivity contribution in [2.75, 3.05) is 5.32 Å². The summed E-state index contributed by atoms with van der Waals surface area (Å²) < 4.78 is 1.64. The summed E-state index contributed by atoms with van der Waals surface area (Å²) in [6.45, 7) is 4.29. The van der Waals surface area contributed by atoms with E-state index in [4.69, 9.17) is 0 Å². The number of nitrogens with zero attached hydrogens (tertiary/aromatic N) is 4. The first-order chi connectivity index (χ1) is 5.77. The Bertz CT molecular complexity index is 227. The third-order valence-corrected chi connectivity index (χ3v) is 1.94. The van der Waals surface area contributed by atoms with Gasteiger partial charge in [-0.2, -0.15) is 0 Å². The molecule has 1 N–H and O–H groups in total. The average Bonchev–Trinajstić information content (AvgIpc) is 2.47. The molecule has 0 atom stereocenters. The van der Waals surface area contributed by atoms with Gasteiger partial charge >= 0.3 is 0 Å². The van der Waals surface area contributed by atoms with Crippen molar-refractivity contribution in [2.24, 2.45) is 7.05 Å². The Morgan fingerprint density at radius 3 is 2.50 bits per heavy atom. The zero-order valence-corrected chi connectivity index (χ0v) is 7.78. The quantitative estimate of drug-likeness (QED) is 0.724. The largest absolute Gasteiger partial charge is 0.350 e. The molecule has 5 nitrogen and oxygen atoms in total. The van der Waals surface area contributed by atoms with Gasteiger partial charge in [-0.1, -0.05) is 18.9 Å². The molecule has 1 heterocycles. The first-order valence-electron chi connectivity index (χ1n) is 4.26. The number of aryl methyl sites for hydroxylation is 1. The molecule has 0 aliphatic carbocycles. The van der Waals surface area contributed by atoms with Crippen LogP contribution in [0.4, 0.5) is 5.95 Å². The predicted octanol–water partition coefficient (Wildman–Crippen LogP) is 0.811. The molecule has 0 aliphatic heterocycles. The molecule has 0 saturated heterocycles. The fourth-order valence-electron chi connectivity index (χ4n) is 1.03. The van der Waals surface area contributed by atoms with Crippen LogP contribution in [0.5, 0.6) is 0 Å². The van der Waals surface area contributed by atoms with Crippen molar-refractivity contribution in [3.8, 4) is 0 Å². The van der Waals surface area contributed by atoms with Gasteiger partial charge < -0.3 is 5.32 Å². The lowest BCUT2D eigenvalue weighted by Crippen LogP contribution is -2.19. The maximum Gasteiger partial charge on any atom is 0.242 e. The molecular weight excluding hydrogens is 154 g/mol. The van der Waals surface area contributed by atoms with Gasteiger partial charge in [0.05, 0.1) is 0 Å². The normalized spacial score (nSPS) is 10.7. The van der Waals surface area contributed by atoms with Crippen LogP contribution in [0.25, 0.3) is 0 Å². The van der Waals surface area contributed by atoms with Crippen molar-refractivity contribution < 1.29 is 0 Å². The number of aromatic nitrogens is 4. The van der Waals surface area contributed by atoms with Crippen LogP contribution in [-0.4, -0.2) is 26.2 Å². The molecule has 68 valence electrons. The minimum absolute atomic E-state index is 0.467. The number of rotatable bonds is 4. The lowest BCUT2D eigenvalue weighted by atomic mass is 10.2. The van der Waals surface area contributed by atoms with Gasteiger partial charge in [-0.3, -0.25) is 0 Å². The Hall–Kier alpha value is -1.13. The van der Waals surface area contributed by atoms with Crippen LogP contribution in [0.15, 0.2) is 0 Å². The zero-order valence-electron chi connectivity index (χ0n) is 7.78. The Morgan fingerprint density at radius 1 is 1.42 bits per heavy atom. The van der Waals surface area contributed by atoms with Crippen LogP contribution >= 0.6 is 0 Å². The summed E-state index contributed by atoms with van der Waals surface area (Å²) in [6.07, 6.45) is 2.17. The molecule has 0 amide bonds. The molecule has 0 spiro atoms. The van der Waals surface area contributed by atoms with E-state index in [9.17, 15) is 0 Å². The molecule has 0 bridgehead atoms. The first-order valence-corrected chi connectivity index (χ1v) is 4.26. The molecule has 0 radical (unpaired) electrons. The van der Waals surface area contributed by atoms with Gasteiger partial charge in [-0.05, 0) is 23.3 Å². The standard InChI is InChI=1S/C7H15N5/c1-4-6(5-2)8-7-9-10-11-12(7)3/h6H,4-5H2,1-3H3,(H,8,9,11). The monoisotopic (exact) mass is 169 g/mol. The Labute approximate surface area is 72.2 Å². The smallest absolute Gasteiger partial charge is 0.242 e. The third kappa shape index (κ3) is 1.93. The highest BCUT2D eigenvalue weighted by molar-refractivity contribution is 5.22. The molecule has 1 aromatic rings. The first kappa shape index (κ1) is 8.96. The molecule has 1 aromatic heterocycles. The van der Waals surface area contributed by atoms with Crippen LogP contribution in [0.2, 0.25) is 0 Å². The minimum Gasteiger partial charge on any atom is -0.350 e. The third-order valence-electron chi connectivity index (χ3n) is 1.94. The van der Waals surface area contributed by atoms with E-state index in [1.807, 2.05) is 7.05 Å². The highest BCUT2D eigenvalue weighted by Gasteiger charge is 2.06. The summed E-state index contributed by atoms with van der Waals surface area (Å²) in [5.74, 6) is 0.740. The summed E-state index contributed by atoms with van der Waals surface area (Å²) >= 11 is 0. The Balaban J connectivity index is 2.56. The maximum atomic E-state index is 3.84. The zero-order chi connectivity index (χ0) is 8.97. The van der Waals surface area contributed by atoms with E-state index >= 15 is 0 Å². The van der Waals surface area contributed by atoms with Crippen LogP contribution in [0, 0.1) is 0 Å². The Kier molecular flexibility index (Phi) is 3.01. The highest BCUT2D eigenvalue weighted by atomic mass is 15.6. The van der Waals surface area contributed by atoms with Gasteiger partial charge in [0.2, 0.25) is 5.95 Å². The SMILES string of the molecule is CCC(CC)Nc1nnnn1C. The lowest BCUT2D eigenvalue weighted by molar-refractivity contribution is 0.648. The number of nitrogens with one attached hydrogen (secondary N) is 1. The molecule has 1 rings (SSSR count). The number of tetrazole rings is 1. The number of hydrogen-bond donors (Lipinski definition) is 1. The van der Waals surface area contributed by atoms with Gasteiger partial charge in [0.25, 0.3) is 0 Å². The fourth-order valence-corrected chi connectivity index (χ4v) is 1.03. The average molecular weight is 169 g/mol. The minimum atomic E-state index is 0.467. The number of hydrogen-bond acceptors (Lipinski definition) is 4. The Morgan fingerprint density at radius 2 is 2.08 bits per heavy atom. The van der Waals surface area contributed by atoms with E-state index in [0.717, 1.165) is 18.8 Å². The van der Waals surface area contributed by atoms with Gasteiger partial charge in [0.15, 0.2) is 0 Å². The second-order valence-electron chi connectivity index (χ2n) is 2.78. The van der Waals surface area contributed by atoms with E-state index in [1.165, 1.54) is 0 Å². The van der Waals surface area contributed by atoms with Crippen LogP contribution in [-0.2, 0) is 7.05 Å². The van der Waals surface area contributed by atoms with Crippen molar-refractivity contribution in [3.05, 3.63) is 0 Å². The van der Waals surface area contributed by atoms with Crippen LogP contribution in [0.1, 0.15) is 26.7 Å². The topological polar surface area (TPSA) is 55.6 Å². The molecular formula is C7H15N5. The second-order valence-corrected chi connectivity index (χ2v) is 2.78.